The highest BCUT2D eigenvalue weighted by molar-refractivity contribution is 7.80. The lowest BCUT2D eigenvalue weighted by molar-refractivity contribution is 0.192. The molecule has 0 bridgehead atoms. The van der Waals surface area contributed by atoms with Crippen LogP contribution >= 0.6 is 12.6 Å². The summed E-state index contributed by atoms with van der Waals surface area (Å²) in [6.07, 6.45) is 6.66. The van der Waals surface area contributed by atoms with E-state index in [0.29, 0.717) is 0 Å². The van der Waals surface area contributed by atoms with E-state index in [1.165, 1.54) is 50.8 Å². The number of rotatable bonds is 5. The highest BCUT2D eigenvalue weighted by Gasteiger charge is 2.21. The molecule has 1 aromatic carbocycles. The molecule has 3 rings (SSSR count). The maximum atomic E-state index is 5.58. The summed E-state index contributed by atoms with van der Waals surface area (Å²) in [5.74, 6) is 1.75. The molecule has 0 radical (unpaired) electrons. The van der Waals surface area contributed by atoms with Gasteiger partial charge in [-0.2, -0.15) is 0 Å². The lowest BCUT2D eigenvalue weighted by Gasteiger charge is -2.30. The number of hydrogen-bond donors (Lipinski definition) is 3. The van der Waals surface area contributed by atoms with Gasteiger partial charge in [0.05, 0.1) is 0 Å². The van der Waals surface area contributed by atoms with Crippen LogP contribution in [0.2, 0.25) is 0 Å². The van der Waals surface area contributed by atoms with Gasteiger partial charge in [0, 0.05) is 18.0 Å². The molecular weight excluding hydrogens is 290 g/mol. The summed E-state index contributed by atoms with van der Waals surface area (Å²) in [5.41, 5.74) is 12.5. The fourth-order valence-corrected chi connectivity index (χ4v) is 3.06. The summed E-state index contributed by atoms with van der Waals surface area (Å²) >= 11 is 4.24. The van der Waals surface area contributed by atoms with Gasteiger partial charge < -0.3 is 16.4 Å². The monoisotopic (exact) mass is 321 g/mol. The summed E-state index contributed by atoms with van der Waals surface area (Å²) in [7, 11) is 0. The minimum atomic E-state index is 0.768. The Bertz CT molecular complexity index is 409. The van der Waals surface area contributed by atoms with Gasteiger partial charge in [-0.3, -0.25) is 0 Å². The van der Waals surface area contributed by atoms with Crippen LogP contribution in [0.5, 0.6) is 0 Å². The van der Waals surface area contributed by atoms with E-state index in [2.05, 4.69) is 41.8 Å². The quantitative estimate of drug-likeness (QED) is 0.731. The Hall–Kier alpha value is -0.550. The number of likely N-dealkylation sites (tertiary alicyclic amines) is 1. The van der Waals surface area contributed by atoms with E-state index in [1.807, 2.05) is 0 Å². The van der Waals surface area contributed by atoms with Crippen LogP contribution in [0.4, 0.5) is 0 Å². The van der Waals surface area contributed by atoms with Crippen molar-refractivity contribution in [2.75, 3.05) is 32.7 Å². The summed E-state index contributed by atoms with van der Waals surface area (Å²) in [6.45, 7) is 5.08. The third-order valence-corrected chi connectivity index (χ3v) is 4.94. The van der Waals surface area contributed by atoms with Crippen molar-refractivity contribution in [2.24, 2.45) is 23.3 Å². The third kappa shape index (κ3) is 6.69. The number of piperidine rings is 1. The van der Waals surface area contributed by atoms with Gasteiger partial charge in [-0.05, 0) is 81.3 Å². The van der Waals surface area contributed by atoms with Gasteiger partial charge in [0.15, 0.2) is 0 Å². The Morgan fingerprint density at radius 3 is 2.09 bits per heavy atom. The summed E-state index contributed by atoms with van der Waals surface area (Å²) in [6, 6.07) is 8.50. The first-order valence-electron chi connectivity index (χ1n) is 8.61. The van der Waals surface area contributed by atoms with Crippen molar-refractivity contribution < 1.29 is 0 Å². The number of thiol groups is 1. The van der Waals surface area contributed by atoms with E-state index < -0.39 is 0 Å². The SMILES string of the molecule is NCCN1CCC(CN)CC1.Sc1ccc(CC2CC2)cc1. The largest absolute Gasteiger partial charge is 0.330 e. The van der Waals surface area contributed by atoms with Crippen LogP contribution < -0.4 is 11.5 Å². The molecule has 1 saturated heterocycles. The van der Waals surface area contributed by atoms with Gasteiger partial charge in [-0.15, -0.1) is 12.6 Å². The van der Waals surface area contributed by atoms with Crippen LogP contribution in [0, 0.1) is 11.8 Å². The van der Waals surface area contributed by atoms with Crippen molar-refractivity contribution in [1.82, 2.24) is 4.90 Å². The molecule has 0 amide bonds. The molecule has 124 valence electrons. The average molecular weight is 322 g/mol. The molecule has 0 spiro atoms. The van der Waals surface area contributed by atoms with Crippen molar-refractivity contribution in [3.63, 3.8) is 0 Å². The van der Waals surface area contributed by atoms with E-state index in [1.54, 1.807) is 0 Å². The zero-order chi connectivity index (χ0) is 15.8. The molecule has 4 N–H and O–H groups in total. The third-order valence-electron chi connectivity index (χ3n) is 4.64. The Morgan fingerprint density at radius 2 is 1.59 bits per heavy atom. The minimum Gasteiger partial charge on any atom is -0.330 e. The Kier molecular flexibility index (Phi) is 7.73. The molecule has 1 aliphatic carbocycles. The van der Waals surface area contributed by atoms with Gasteiger partial charge in [0.1, 0.15) is 0 Å². The maximum absolute atomic E-state index is 5.58. The van der Waals surface area contributed by atoms with Crippen LogP contribution in [-0.2, 0) is 6.42 Å². The molecule has 0 aromatic heterocycles. The topological polar surface area (TPSA) is 55.3 Å². The van der Waals surface area contributed by atoms with Crippen LogP contribution in [0.25, 0.3) is 0 Å². The lowest BCUT2D eigenvalue weighted by atomic mass is 9.97. The second kappa shape index (κ2) is 9.56. The predicted octanol–water partition coefficient (Wildman–Crippen LogP) is 2.54. The molecular formula is C18H31N3S. The van der Waals surface area contributed by atoms with Gasteiger partial charge >= 0.3 is 0 Å². The predicted molar refractivity (Wildman–Crippen MR) is 97.4 cm³/mol. The second-order valence-corrected chi connectivity index (χ2v) is 7.14. The Labute approximate surface area is 140 Å². The van der Waals surface area contributed by atoms with Gasteiger partial charge in [0.2, 0.25) is 0 Å². The molecule has 2 fully saturated rings. The van der Waals surface area contributed by atoms with Crippen molar-refractivity contribution in [3.05, 3.63) is 29.8 Å². The highest BCUT2D eigenvalue weighted by atomic mass is 32.1. The van der Waals surface area contributed by atoms with Gasteiger partial charge in [-0.25, -0.2) is 0 Å². The Balaban J connectivity index is 0.000000160. The summed E-state index contributed by atoms with van der Waals surface area (Å²) in [5, 5.41) is 0. The molecule has 3 nitrogen and oxygen atoms in total. The summed E-state index contributed by atoms with van der Waals surface area (Å²) in [4.78, 5) is 3.48. The smallest absolute Gasteiger partial charge is 0.0105 e. The second-order valence-electron chi connectivity index (χ2n) is 6.62. The molecule has 0 atom stereocenters. The molecule has 4 heteroatoms. The fourth-order valence-electron chi connectivity index (χ4n) is 2.92. The van der Waals surface area contributed by atoms with Gasteiger partial charge in [-0.1, -0.05) is 12.1 Å². The summed E-state index contributed by atoms with van der Waals surface area (Å²) < 4.78 is 0. The van der Waals surface area contributed by atoms with Crippen molar-refractivity contribution in [3.8, 4) is 0 Å². The number of benzene rings is 1. The number of nitrogens with two attached hydrogens (primary N) is 2. The lowest BCUT2D eigenvalue weighted by Crippen LogP contribution is -2.38. The molecule has 1 saturated carbocycles. The van der Waals surface area contributed by atoms with Crippen LogP contribution in [0.15, 0.2) is 29.2 Å². The Morgan fingerprint density at radius 1 is 0.955 bits per heavy atom. The molecule has 0 unspecified atom stereocenters. The van der Waals surface area contributed by atoms with Crippen molar-refractivity contribution >= 4 is 12.6 Å². The average Bonchev–Trinajstić information content (AvgIpc) is 3.35. The normalized spacial score (nSPS) is 19.6. The van der Waals surface area contributed by atoms with Crippen molar-refractivity contribution in [1.29, 1.82) is 0 Å². The van der Waals surface area contributed by atoms with E-state index in [-0.39, 0.29) is 0 Å². The highest BCUT2D eigenvalue weighted by Crippen LogP contribution is 2.32. The van der Waals surface area contributed by atoms with E-state index in [4.69, 9.17) is 11.5 Å². The van der Waals surface area contributed by atoms with Crippen molar-refractivity contribution in [2.45, 2.75) is 37.0 Å². The molecule has 22 heavy (non-hydrogen) atoms. The van der Waals surface area contributed by atoms with E-state index in [0.717, 1.165) is 36.4 Å². The first-order chi connectivity index (χ1) is 10.7. The van der Waals surface area contributed by atoms with E-state index >= 15 is 0 Å². The molecule has 2 aliphatic rings. The number of hydrogen-bond acceptors (Lipinski definition) is 4. The first kappa shape index (κ1) is 17.8. The zero-order valence-corrected chi connectivity index (χ0v) is 14.5. The van der Waals surface area contributed by atoms with Crippen LogP contribution in [-0.4, -0.2) is 37.6 Å². The zero-order valence-electron chi connectivity index (χ0n) is 13.6. The molecule has 1 heterocycles. The van der Waals surface area contributed by atoms with Crippen LogP contribution in [0.1, 0.15) is 31.2 Å². The number of nitrogens with zero attached hydrogens (tertiary/aromatic N) is 1. The van der Waals surface area contributed by atoms with Gasteiger partial charge in [0.25, 0.3) is 0 Å². The fraction of sp³-hybridized carbons (Fsp3) is 0.667. The molecule has 1 aromatic rings. The standard InChI is InChI=1S/C10H12S.C8H19N3/c11-10-5-3-9(4-6-10)7-8-1-2-8;9-3-6-11-4-1-8(7-10)2-5-11/h3-6,8,11H,1-2,7H2;8H,1-7,9-10H2. The minimum absolute atomic E-state index is 0.768. The van der Waals surface area contributed by atoms with Crippen LogP contribution in [0.3, 0.4) is 0 Å². The van der Waals surface area contributed by atoms with E-state index in [9.17, 15) is 0 Å². The first-order valence-corrected chi connectivity index (χ1v) is 9.06. The molecule has 1 aliphatic heterocycles. The maximum Gasteiger partial charge on any atom is 0.0105 e.